The van der Waals surface area contributed by atoms with Crippen molar-refractivity contribution in [1.82, 2.24) is 0 Å². The van der Waals surface area contributed by atoms with Crippen molar-refractivity contribution in [3.63, 3.8) is 0 Å². The molecule has 0 bridgehead atoms. The molecule has 1 aromatic carbocycles. The van der Waals surface area contributed by atoms with Crippen molar-refractivity contribution >= 4 is 6.08 Å². The molecule has 88 valence electrons. The summed E-state index contributed by atoms with van der Waals surface area (Å²) in [6.07, 6.45) is 5.89. The Balaban J connectivity index is 2.61. The van der Waals surface area contributed by atoms with Gasteiger partial charge in [0.15, 0.2) is 6.29 Å². The molecule has 1 aromatic rings. The molecule has 0 aliphatic heterocycles. The standard InChI is InChI=1S/C14H20O2/c1-4-12-8-5-6-9-13(12)10-7-11-14(15-2)16-3/h5-10,14H,4,11H2,1-3H3/b10-7+. The molecule has 0 amide bonds. The highest BCUT2D eigenvalue weighted by molar-refractivity contribution is 5.53. The number of aryl methyl sites for hydroxylation is 1. The van der Waals surface area contributed by atoms with E-state index in [0.717, 1.165) is 12.8 Å². The van der Waals surface area contributed by atoms with Gasteiger partial charge in [-0.3, -0.25) is 0 Å². The van der Waals surface area contributed by atoms with Crippen LogP contribution in [0.3, 0.4) is 0 Å². The number of rotatable bonds is 6. The molecule has 2 nitrogen and oxygen atoms in total. The summed E-state index contributed by atoms with van der Waals surface area (Å²) in [5.41, 5.74) is 2.64. The zero-order chi connectivity index (χ0) is 11.8. The average Bonchev–Trinajstić information content (AvgIpc) is 2.35. The number of ether oxygens (including phenoxy) is 2. The third-order valence-corrected chi connectivity index (χ3v) is 2.59. The molecule has 16 heavy (non-hydrogen) atoms. The lowest BCUT2D eigenvalue weighted by Gasteiger charge is -2.10. The fraction of sp³-hybridized carbons (Fsp3) is 0.429. The Kier molecular flexibility index (Phi) is 5.83. The van der Waals surface area contributed by atoms with Gasteiger partial charge < -0.3 is 9.47 Å². The summed E-state index contributed by atoms with van der Waals surface area (Å²) in [6.45, 7) is 2.17. The average molecular weight is 220 g/mol. The van der Waals surface area contributed by atoms with E-state index in [1.807, 2.05) is 0 Å². The lowest BCUT2D eigenvalue weighted by atomic mass is 10.0. The largest absolute Gasteiger partial charge is 0.356 e. The van der Waals surface area contributed by atoms with Crippen LogP contribution >= 0.6 is 0 Å². The van der Waals surface area contributed by atoms with E-state index in [-0.39, 0.29) is 6.29 Å². The molecule has 2 heteroatoms. The topological polar surface area (TPSA) is 18.5 Å². The Morgan fingerprint density at radius 1 is 1.19 bits per heavy atom. The first-order chi connectivity index (χ1) is 7.81. The van der Waals surface area contributed by atoms with Crippen LogP contribution in [-0.4, -0.2) is 20.5 Å². The first-order valence-electron chi connectivity index (χ1n) is 5.61. The molecular weight excluding hydrogens is 200 g/mol. The Bertz CT molecular complexity index is 327. The van der Waals surface area contributed by atoms with Gasteiger partial charge in [0.05, 0.1) is 0 Å². The van der Waals surface area contributed by atoms with Gasteiger partial charge in [-0.05, 0) is 17.5 Å². The van der Waals surface area contributed by atoms with Gasteiger partial charge in [-0.1, -0.05) is 43.3 Å². The van der Waals surface area contributed by atoms with E-state index in [1.165, 1.54) is 11.1 Å². The summed E-state index contributed by atoms with van der Waals surface area (Å²) in [6, 6.07) is 8.42. The molecule has 0 unspecified atom stereocenters. The van der Waals surface area contributed by atoms with Gasteiger partial charge in [0.1, 0.15) is 0 Å². The highest BCUT2D eigenvalue weighted by Gasteiger charge is 2.01. The van der Waals surface area contributed by atoms with Gasteiger partial charge in [0.2, 0.25) is 0 Å². The SMILES string of the molecule is CCc1ccccc1/C=C/CC(OC)OC. The summed E-state index contributed by atoms with van der Waals surface area (Å²) < 4.78 is 10.2. The van der Waals surface area contributed by atoms with Gasteiger partial charge >= 0.3 is 0 Å². The number of hydrogen-bond donors (Lipinski definition) is 0. The molecule has 0 atom stereocenters. The molecule has 0 aliphatic rings. The smallest absolute Gasteiger partial charge is 0.160 e. The van der Waals surface area contributed by atoms with Crippen molar-refractivity contribution in [3.8, 4) is 0 Å². The fourth-order valence-electron chi connectivity index (χ4n) is 1.61. The highest BCUT2D eigenvalue weighted by Crippen LogP contribution is 2.12. The minimum Gasteiger partial charge on any atom is -0.356 e. The maximum absolute atomic E-state index is 5.12. The minimum absolute atomic E-state index is 0.148. The maximum atomic E-state index is 5.12. The first-order valence-corrected chi connectivity index (χ1v) is 5.61. The van der Waals surface area contributed by atoms with Gasteiger partial charge in [-0.25, -0.2) is 0 Å². The molecule has 0 saturated carbocycles. The maximum Gasteiger partial charge on any atom is 0.160 e. The van der Waals surface area contributed by atoms with Crippen LogP contribution < -0.4 is 0 Å². The fourth-order valence-corrected chi connectivity index (χ4v) is 1.61. The molecule has 0 N–H and O–H groups in total. The second kappa shape index (κ2) is 7.20. The predicted molar refractivity (Wildman–Crippen MR) is 67.3 cm³/mol. The molecule has 0 heterocycles. The number of methoxy groups -OCH3 is 2. The molecule has 0 spiro atoms. The second-order valence-electron chi connectivity index (χ2n) is 3.59. The molecule has 0 aliphatic carbocycles. The molecule has 1 rings (SSSR count). The van der Waals surface area contributed by atoms with Crippen molar-refractivity contribution in [3.05, 3.63) is 41.5 Å². The Morgan fingerprint density at radius 2 is 1.88 bits per heavy atom. The van der Waals surface area contributed by atoms with E-state index in [0.29, 0.717) is 0 Å². The van der Waals surface area contributed by atoms with Crippen LogP contribution in [0.4, 0.5) is 0 Å². The van der Waals surface area contributed by atoms with Crippen LogP contribution in [0.2, 0.25) is 0 Å². The van der Waals surface area contributed by atoms with Crippen molar-refractivity contribution in [1.29, 1.82) is 0 Å². The minimum atomic E-state index is -0.148. The van der Waals surface area contributed by atoms with Crippen LogP contribution in [0.1, 0.15) is 24.5 Å². The summed E-state index contributed by atoms with van der Waals surface area (Å²) in [5, 5.41) is 0. The first kappa shape index (κ1) is 12.9. The van der Waals surface area contributed by atoms with E-state index in [9.17, 15) is 0 Å². The summed E-state index contributed by atoms with van der Waals surface area (Å²) in [7, 11) is 3.31. The third kappa shape index (κ3) is 3.80. The zero-order valence-electron chi connectivity index (χ0n) is 10.3. The second-order valence-corrected chi connectivity index (χ2v) is 3.59. The molecular formula is C14H20O2. The molecule has 0 saturated heterocycles. The van der Waals surface area contributed by atoms with Crippen LogP contribution in [-0.2, 0) is 15.9 Å². The van der Waals surface area contributed by atoms with Crippen LogP contribution in [0, 0.1) is 0 Å². The normalized spacial score (nSPS) is 11.5. The van der Waals surface area contributed by atoms with Gasteiger partial charge in [-0.2, -0.15) is 0 Å². The number of hydrogen-bond acceptors (Lipinski definition) is 2. The quantitative estimate of drug-likeness (QED) is 0.685. The van der Waals surface area contributed by atoms with E-state index in [2.05, 4.69) is 43.3 Å². The van der Waals surface area contributed by atoms with Crippen LogP contribution in [0.5, 0.6) is 0 Å². The zero-order valence-corrected chi connectivity index (χ0v) is 10.3. The van der Waals surface area contributed by atoms with E-state index < -0.39 is 0 Å². The van der Waals surface area contributed by atoms with Crippen molar-refractivity contribution in [2.24, 2.45) is 0 Å². The van der Waals surface area contributed by atoms with Crippen LogP contribution in [0.15, 0.2) is 30.3 Å². The lowest BCUT2D eigenvalue weighted by Crippen LogP contribution is -2.10. The third-order valence-electron chi connectivity index (χ3n) is 2.59. The Labute approximate surface area is 97.9 Å². The monoisotopic (exact) mass is 220 g/mol. The van der Waals surface area contributed by atoms with Crippen molar-refractivity contribution in [2.45, 2.75) is 26.1 Å². The lowest BCUT2D eigenvalue weighted by molar-refractivity contribution is -0.0985. The Morgan fingerprint density at radius 3 is 2.50 bits per heavy atom. The van der Waals surface area contributed by atoms with E-state index >= 15 is 0 Å². The van der Waals surface area contributed by atoms with Gasteiger partial charge in [0.25, 0.3) is 0 Å². The summed E-state index contributed by atoms with van der Waals surface area (Å²) in [5.74, 6) is 0. The van der Waals surface area contributed by atoms with Crippen molar-refractivity contribution in [2.75, 3.05) is 14.2 Å². The summed E-state index contributed by atoms with van der Waals surface area (Å²) >= 11 is 0. The van der Waals surface area contributed by atoms with Gasteiger partial charge in [-0.15, -0.1) is 0 Å². The molecule has 0 aromatic heterocycles. The highest BCUT2D eigenvalue weighted by atomic mass is 16.7. The van der Waals surface area contributed by atoms with E-state index in [4.69, 9.17) is 9.47 Å². The van der Waals surface area contributed by atoms with E-state index in [1.54, 1.807) is 14.2 Å². The summed E-state index contributed by atoms with van der Waals surface area (Å²) in [4.78, 5) is 0. The molecule has 0 fully saturated rings. The van der Waals surface area contributed by atoms with Crippen LogP contribution in [0.25, 0.3) is 6.08 Å². The van der Waals surface area contributed by atoms with Crippen molar-refractivity contribution < 1.29 is 9.47 Å². The predicted octanol–water partition coefficient (Wildman–Crippen LogP) is 3.27. The number of benzene rings is 1. The Hall–Kier alpha value is -1.12. The molecule has 0 radical (unpaired) electrons. The van der Waals surface area contributed by atoms with Gasteiger partial charge in [0, 0.05) is 20.6 Å².